The monoisotopic (exact) mass is 578 g/mol. The fourth-order valence-corrected chi connectivity index (χ4v) is 3.60. The molecule has 4 aromatic carbocycles. The maximum absolute atomic E-state index is 14.7. The van der Waals surface area contributed by atoms with Crippen molar-refractivity contribution in [1.82, 2.24) is 0 Å². The standard InChI is InChI=1S/C30H15F9O2/c1-2-9-40-19-7-6-17(22(31)13-19)5-3-16-4-8-21(23(32)10-16)30(38,39)41-20-14-24(33)28(25(34)15-20)18-11-26(35)29(37)27(36)12-18/h2,4,6-8,10-15H,1,9H2. The van der Waals surface area contributed by atoms with Crippen molar-refractivity contribution in [2.45, 2.75) is 6.11 Å². The van der Waals surface area contributed by atoms with Gasteiger partial charge in [-0.1, -0.05) is 24.5 Å². The van der Waals surface area contributed by atoms with Crippen molar-refractivity contribution in [3.05, 3.63) is 131 Å². The highest BCUT2D eigenvalue weighted by Crippen LogP contribution is 2.37. The molecule has 11 heteroatoms. The second-order valence-electron chi connectivity index (χ2n) is 8.32. The van der Waals surface area contributed by atoms with Gasteiger partial charge in [-0.25, -0.2) is 30.7 Å². The van der Waals surface area contributed by atoms with Gasteiger partial charge in [0, 0.05) is 23.8 Å². The molecule has 0 atom stereocenters. The summed E-state index contributed by atoms with van der Waals surface area (Å²) in [6.07, 6.45) is -2.98. The highest BCUT2D eigenvalue weighted by molar-refractivity contribution is 5.66. The van der Waals surface area contributed by atoms with Gasteiger partial charge < -0.3 is 9.47 Å². The fourth-order valence-electron chi connectivity index (χ4n) is 3.60. The largest absolute Gasteiger partial charge is 0.489 e. The second-order valence-corrected chi connectivity index (χ2v) is 8.32. The molecule has 0 unspecified atom stereocenters. The van der Waals surface area contributed by atoms with E-state index in [1.165, 1.54) is 18.2 Å². The lowest BCUT2D eigenvalue weighted by Gasteiger charge is -2.19. The predicted molar refractivity (Wildman–Crippen MR) is 131 cm³/mol. The number of benzene rings is 4. The summed E-state index contributed by atoms with van der Waals surface area (Å²) in [6, 6.07) is 7.25. The van der Waals surface area contributed by atoms with Crippen LogP contribution in [0.3, 0.4) is 0 Å². The van der Waals surface area contributed by atoms with Crippen molar-refractivity contribution in [3.8, 4) is 34.5 Å². The number of hydrogen-bond donors (Lipinski definition) is 0. The zero-order valence-corrected chi connectivity index (χ0v) is 20.5. The summed E-state index contributed by atoms with van der Waals surface area (Å²) >= 11 is 0. The summed E-state index contributed by atoms with van der Waals surface area (Å²) in [6.45, 7) is 3.62. The molecule has 0 amide bonds. The van der Waals surface area contributed by atoms with E-state index in [0.29, 0.717) is 24.3 Å². The Bertz CT molecular complexity index is 1660. The smallest absolute Gasteiger partial charge is 0.429 e. The quantitative estimate of drug-likeness (QED) is 0.0949. The van der Waals surface area contributed by atoms with Crippen LogP contribution in [0.4, 0.5) is 39.5 Å². The third-order valence-corrected chi connectivity index (χ3v) is 5.47. The molecular formula is C30H15F9O2. The minimum absolute atomic E-state index is 0.0762. The average molecular weight is 578 g/mol. The normalized spacial score (nSPS) is 11.0. The number of halogens is 9. The molecule has 0 aromatic heterocycles. The molecule has 0 bridgehead atoms. The first-order valence-electron chi connectivity index (χ1n) is 11.5. The zero-order chi connectivity index (χ0) is 29.9. The Morgan fingerprint density at radius 1 is 0.683 bits per heavy atom. The van der Waals surface area contributed by atoms with E-state index in [0.717, 1.165) is 12.1 Å². The minimum Gasteiger partial charge on any atom is -0.489 e. The topological polar surface area (TPSA) is 18.5 Å². The molecule has 4 rings (SSSR count). The van der Waals surface area contributed by atoms with Crippen LogP contribution in [0, 0.1) is 52.6 Å². The summed E-state index contributed by atoms with van der Waals surface area (Å²) < 4.78 is 137. The van der Waals surface area contributed by atoms with Crippen LogP contribution in [-0.4, -0.2) is 6.61 Å². The van der Waals surface area contributed by atoms with Crippen LogP contribution in [-0.2, 0) is 6.11 Å². The van der Waals surface area contributed by atoms with Gasteiger partial charge in [-0.05, 0) is 48.0 Å². The number of alkyl halides is 2. The lowest BCUT2D eigenvalue weighted by atomic mass is 10.0. The van der Waals surface area contributed by atoms with E-state index < -0.39 is 69.3 Å². The van der Waals surface area contributed by atoms with E-state index in [4.69, 9.17) is 4.74 Å². The third kappa shape index (κ3) is 6.49. The summed E-state index contributed by atoms with van der Waals surface area (Å²) in [4.78, 5) is 0. The molecular weight excluding hydrogens is 563 g/mol. The molecule has 0 radical (unpaired) electrons. The van der Waals surface area contributed by atoms with Gasteiger partial charge in [-0.3, -0.25) is 0 Å². The SMILES string of the molecule is C=CCOc1ccc(C#Cc2ccc(C(F)(F)Oc3cc(F)c(-c4cc(F)c(F)c(F)c4)c(F)c3)c(F)c2)c(F)c1. The molecule has 0 aliphatic heterocycles. The molecule has 0 saturated carbocycles. The fraction of sp³-hybridized carbons (Fsp3) is 0.0667. The van der Waals surface area contributed by atoms with Gasteiger partial charge in [0.1, 0.15) is 46.9 Å². The maximum atomic E-state index is 14.7. The summed E-state index contributed by atoms with van der Waals surface area (Å²) in [5, 5.41) is 0. The zero-order valence-electron chi connectivity index (χ0n) is 20.5. The van der Waals surface area contributed by atoms with Crippen molar-refractivity contribution in [2.75, 3.05) is 6.61 Å². The van der Waals surface area contributed by atoms with Crippen molar-refractivity contribution < 1.29 is 49.0 Å². The molecule has 0 aliphatic rings. The Hall–Kier alpha value is -4.85. The lowest BCUT2D eigenvalue weighted by molar-refractivity contribution is -0.187. The van der Waals surface area contributed by atoms with Crippen LogP contribution in [0.25, 0.3) is 11.1 Å². The lowest BCUT2D eigenvalue weighted by Crippen LogP contribution is -2.23. The Morgan fingerprint density at radius 2 is 1.32 bits per heavy atom. The number of ether oxygens (including phenoxy) is 2. The highest BCUT2D eigenvalue weighted by Gasteiger charge is 2.38. The number of hydrogen-bond acceptors (Lipinski definition) is 2. The van der Waals surface area contributed by atoms with Crippen LogP contribution in [0.1, 0.15) is 16.7 Å². The summed E-state index contributed by atoms with van der Waals surface area (Å²) in [5.74, 6) is -6.70. The van der Waals surface area contributed by atoms with Gasteiger partial charge in [0.15, 0.2) is 17.5 Å². The van der Waals surface area contributed by atoms with E-state index >= 15 is 0 Å². The van der Waals surface area contributed by atoms with Crippen molar-refractivity contribution in [2.24, 2.45) is 0 Å². The molecule has 4 aromatic rings. The molecule has 0 fully saturated rings. The maximum Gasteiger partial charge on any atom is 0.429 e. The van der Waals surface area contributed by atoms with Gasteiger partial charge in [-0.15, -0.1) is 0 Å². The highest BCUT2D eigenvalue weighted by atomic mass is 19.3. The Kier molecular flexibility index (Phi) is 8.33. The number of rotatable bonds is 7. The van der Waals surface area contributed by atoms with Gasteiger partial charge >= 0.3 is 6.11 Å². The van der Waals surface area contributed by atoms with Crippen LogP contribution in [0.5, 0.6) is 11.5 Å². The molecule has 0 spiro atoms. The molecule has 0 saturated heterocycles. The van der Waals surface area contributed by atoms with Gasteiger partial charge in [0.05, 0.1) is 11.1 Å². The van der Waals surface area contributed by atoms with E-state index in [-0.39, 0.29) is 35.6 Å². The Balaban J connectivity index is 1.55. The van der Waals surface area contributed by atoms with Crippen molar-refractivity contribution in [1.29, 1.82) is 0 Å². The first-order valence-corrected chi connectivity index (χ1v) is 11.5. The third-order valence-electron chi connectivity index (χ3n) is 5.47. The van der Waals surface area contributed by atoms with Crippen molar-refractivity contribution >= 4 is 0 Å². The summed E-state index contributed by atoms with van der Waals surface area (Å²) in [5.41, 5.74) is -3.27. The van der Waals surface area contributed by atoms with E-state index in [9.17, 15) is 39.5 Å². The predicted octanol–water partition coefficient (Wildman–Crippen LogP) is 8.42. The average Bonchev–Trinajstić information content (AvgIpc) is 2.89. The molecule has 210 valence electrons. The molecule has 41 heavy (non-hydrogen) atoms. The molecule has 0 heterocycles. The van der Waals surface area contributed by atoms with Crippen LogP contribution >= 0.6 is 0 Å². The van der Waals surface area contributed by atoms with Gasteiger partial charge in [0.2, 0.25) is 0 Å². The van der Waals surface area contributed by atoms with Gasteiger partial charge in [0.25, 0.3) is 0 Å². The summed E-state index contributed by atoms with van der Waals surface area (Å²) in [7, 11) is 0. The molecule has 0 aliphatic carbocycles. The van der Waals surface area contributed by atoms with Gasteiger partial charge in [-0.2, -0.15) is 8.78 Å². The Labute approximate surface area is 227 Å². The van der Waals surface area contributed by atoms with Crippen LogP contribution in [0.2, 0.25) is 0 Å². The minimum atomic E-state index is -4.45. The van der Waals surface area contributed by atoms with E-state index in [1.807, 2.05) is 0 Å². The van der Waals surface area contributed by atoms with Crippen molar-refractivity contribution in [3.63, 3.8) is 0 Å². The first-order chi connectivity index (χ1) is 19.4. The molecule has 2 nitrogen and oxygen atoms in total. The second kappa shape index (κ2) is 11.7. The Morgan fingerprint density at radius 3 is 1.90 bits per heavy atom. The van der Waals surface area contributed by atoms with Crippen LogP contribution in [0.15, 0.2) is 73.3 Å². The van der Waals surface area contributed by atoms with E-state index in [1.54, 1.807) is 0 Å². The van der Waals surface area contributed by atoms with E-state index in [2.05, 4.69) is 23.2 Å². The molecule has 0 N–H and O–H groups in total. The first kappa shape index (κ1) is 29.1. The van der Waals surface area contributed by atoms with Crippen LogP contribution < -0.4 is 9.47 Å².